The van der Waals surface area contributed by atoms with Crippen molar-refractivity contribution in [3.63, 3.8) is 0 Å². The minimum Gasteiger partial charge on any atom is -0.489 e. The van der Waals surface area contributed by atoms with Crippen molar-refractivity contribution < 1.29 is 71.4 Å². The zero-order valence-corrected chi connectivity index (χ0v) is 43.3. The van der Waals surface area contributed by atoms with E-state index in [1.165, 1.54) is 0 Å². The summed E-state index contributed by atoms with van der Waals surface area (Å²) in [5.41, 5.74) is 1.30. The summed E-state index contributed by atoms with van der Waals surface area (Å²) in [5.74, 6) is -0.520. The molecule has 72 heavy (non-hydrogen) atoms. The number of benzene rings is 4. The Labute approximate surface area is 421 Å². The van der Waals surface area contributed by atoms with E-state index in [2.05, 4.69) is 16.0 Å². The molecule has 3 N–H and O–H groups in total. The number of alkyl carbamates (subject to hydrolysis) is 3. The molecule has 0 aromatic heterocycles. The lowest BCUT2D eigenvalue weighted by molar-refractivity contribution is -0.146. The highest BCUT2D eigenvalue weighted by Crippen LogP contribution is 2.26. The molecule has 0 aliphatic rings. The van der Waals surface area contributed by atoms with Crippen LogP contribution in [0.3, 0.4) is 0 Å². The van der Waals surface area contributed by atoms with Gasteiger partial charge in [-0.15, -0.1) is 0 Å². The Balaban J connectivity index is 1.57. The first-order valence-corrected chi connectivity index (χ1v) is 23.6. The van der Waals surface area contributed by atoms with Crippen molar-refractivity contribution >= 4 is 36.2 Å². The Morgan fingerprint density at radius 2 is 0.611 bits per heavy atom. The van der Waals surface area contributed by atoms with Crippen LogP contribution in [0.1, 0.15) is 135 Å². The van der Waals surface area contributed by atoms with E-state index in [1.807, 2.05) is 18.2 Å². The summed E-state index contributed by atoms with van der Waals surface area (Å²) in [6.07, 6.45) is -2.32. The quantitative estimate of drug-likeness (QED) is 0.0522. The number of carbonyl (C=O) groups excluding carboxylic acids is 6. The number of rotatable bonds is 21. The molecule has 390 valence electrons. The molecule has 0 saturated heterocycles. The monoisotopic (exact) mass is 999 g/mol. The summed E-state index contributed by atoms with van der Waals surface area (Å²) in [6, 6.07) is 22.3. The van der Waals surface area contributed by atoms with Crippen LogP contribution in [0.4, 0.5) is 14.4 Å². The van der Waals surface area contributed by atoms with Crippen LogP contribution in [-0.2, 0) is 62.6 Å². The molecule has 0 unspecified atom stereocenters. The van der Waals surface area contributed by atoms with E-state index in [0.717, 1.165) is 16.7 Å². The minimum absolute atomic E-state index is 0.112. The second-order valence-corrected chi connectivity index (χ2v) is 19.2. The van der Waals surface area contributed by atoms with Crippen LogP contribution in [0.5, 0.6) is 17.2 Å². The third-order valence-corrected chi connectivity index (χ3v) is 9.52. The van der Waals surface area contributed by atoms with Crippen molar-refractivity contribution in [2.75, 3.05) is 19.8 Å². The summed E-state index contributed by atoms with van der Waals surface area (Å²) in [6.45, 7) is 21.2. The van der Waals surface area contributed by atoms with E-state index in [0.29, 0.717) is 33.9 Å². The molecule has 4 rings (SSSR count). The zero-order valence-electron chi connectivity index (χ0n) is 43.3. The van der Waals surface area contributed by atoms with Crippen molar-refractivity contribution in [3.8, 4) is 17.2 Å². The number of amides is 3. The van der Waals surface area contributed by atoms with Crippen LogP contribution >= 0.6 is 0 Å². The Kier molecular flexibility index (Phi) is 20.7. The maximum absolute atomic E-state index is 12.9. The lowest BCUT2D eigenvalue weighted by Gasteiger charge is -2.23. The van der Waals surface area contributed by atoms with Gasteiger partial charge in [0.25, 0.3) is 0 Å². The number of ether oxygens (including phenoxy) is 9. The van der Waals surface area contributed by atoms with Gasteiger partial charge < -0.3 is 58.6 Å². The van der Waals surface area contributed by atoms with Crippen molar-refractivity contribution in [1.82, 2.24) is 16.0 Å². The molecule has 0 aliphatic heterocycles. The topological polar surface area (TPSA) is 222 Å². The zero-order chi connectivity index (χ0) is 53.2. The molecule has 0 spiro atoms. The van der Waals surface area contributed by atoms with E-state index in [-0.39, 0.29) is 39.6 Å². The standard InChI is InChI=1S/C54H69N3O15/c1-13-64-46(58)43(55-49(61)70-52(4,5)6)37-16-22-40(23-17-37)67-31-34-28-35(32-68-41-24-18-38(19-25-41)44(47(59)65-14-2)56-50(62)71-53(7,8)9)30-36(29-34)33-69-42-26-20-39(21-27-42)45(48(60)66-15-3)57-51(63)72-54(10,11)12/h16-30,43-45H,13-15,31-33H2,1-12H3,(H,55,61)(H,56,62)(H,57,63)/t43-,44-,45-/m1/s1. The summed E-state index contributed by atoms with van der Waals surface area (Å²) in [7, 11) is 0. The van der Waals surface area contributed by atoms with Crippen LogP contribution < -0.4 is 30.2 Å². The van der Waals surface area contributed by atoms with Gasteiger partial charge in [-0.3, -0.25) is 0 Å². The largest absolute Gasteiger partial charge is 0.489 e. The molecule has 0 heterocycles. The van der Waals surface area contributed by atoms with Crippen molar-refractivity contribution in [2.45, 2.75) is 138 Å². The van der Waals surface area contributed by atoms with E-state index in [4.69, 9.17) is 42.6 Å². The number of esters is 3. The summed E-state index contributed by atoms with van der Waals surface area (Å²) >= 11 is 0. The summed E-state index contributed by atoms with van der Waals surface area (Å²) < 4.78 is 50.4. The van der Waals surface area contributed by atoms with E-state index in [9.17, 15) is 28.8 Å². The number of hydrogen-bond acceptors (Lipinski definition) is 15. The third-order valence-electron chi connectivity index (χ3n) is 9.52. The van der Waals surface area contributed by atoms with Crippen molar-refractivity contribution in [2.24, 2.45) is 0 Å². The van der Waals surface area contributed by atoms with Gasteiger partial charge in [0.2, 0.25) is 0 Å². The Hall–Kier alpha value is -7.50. The van der Waals surface area contributed by atoms with Crippen molar-refractivity contribution in [1.29, 1.82) is 0 Å². The van der Waals surface area contributed by atoms with Gasteiger partial charge in [0, 0.05) is 0 Å². The Morgan fingerprint density at radius 3 is 0.806 bits per heavy atom. The maximum atomic E-state index is 12.9. The molecule has 0 aliphatic carbocycles. The third kappa shape index (κ3) is 19.7. The van der Waals surface area contributed by atoms with Gasteiger partial charge in [0.05, 0.1) is 19.8 Å². The molecule has 4 aromatic carbocycles. The van der Waals surface area contributed by atoms with Crippen LogP contribution in [0.25, 0.3) is 0 Å². The number of nitrogens with one attached hydrogen (secondary N) is 3. The average Bonchev–Trinajstić information content (AvgIpc) is 3.29. The van der Waals surface area contributed by atoms with Crippen molar-refractivity contribution in [3.05, 3.63) is 124 Å². The smallest absolute Gasteiger partial charge is 0.408 e. The van der Waals surface area contributed by atoms with Gasteiger partial charge in [-0.1, -0.05) is 36.4 Å². The van der Waals surface area contributed by atoms with Gasteiger partial charge in [-0.2, -0.15) is 0 Å². The SMILES string of the molecule is CCOC(=O)[C@H](NC(=O)OC(C)(C)C)c1ccc(OCc2cc(COc3ccc([C@@H](NC(=O)OC(C)(C)C)C(=O)OCC)cc3)cc(COc3ccc([C@@H](NC(=O)OC(C)(C)C)C(=O)OCC)cc3)c2)cc1. The molecule has 0 bridgehead atoms. The predicted octanol–water partition coefficient (Wildman–Crippen LogP) is 9.81. The Morgan fingerprint density at radius 1 is 0.389 bits per heavy atom. The van der Waals surface area contributed by atoms with E-state index >= 15 is 0 Å². The molecular formula is C54H69N3O15. The van der Waals surface area contributed by atoms with Crippen LogP contribution in [0.2, 0.25) is 0 Å². The highest BCUT2D eigenvalue weighted by atomic mass is 16.6. The highest BCUT2D eigenvalue weighted by Gasteiger charge is 2.30. The fourth-order valence-electron chi connectivity index (χ4n) is 6.65. The van der Waals surface area contributed by atoms with E-state index in [1.54, 1.807) is 156 Å². The number of carbonyl (C=O) groups is 6. The summed E-state index contributed by atoms with van der Waals surface area (Å²) in [4.78, 5) is 76.6. The van der Waals surface area contributed by atoms with E-state index < -0.39 is 71.1 Å². The minimum atomic E-state index is -1.12. The lowest BCUT2D eigenvalue weighted by Crippen LogP contribution is -2.38. The maximum Gasteiger partial charge on any atom is 0.408 e. The molecule has 3 amide bonds. The molecule has 4 aromatic rings. The molecular weight excluding hydrogens is 931 g/mol. The second kappa shape index (κ2) is 26.1. The second-order valence-electron chi connectivity index (χ2n) is 19.2. The van der Waals surface area contributed by atoms with Gasteiger partial charge in [0.1, 0.15) is 53.9 Å². The first kappa shape index (κ1) is 57.1. The molecule has 0 saturated carbocycles. The molecule has 18 heteroatoms. The highest BCUT2D eigenvalue weighted by molar-refractivity contribution is 5.84. The lowest BCUT2D eigenvalue weighted by atomic mass is 10.1. The first-order chi connectivity index (χ1) is 33.8. The van der Waals surface area contributed by atoms with Crippen LogP contribution in [-0.4, -0.2) is 72.8 Å². The molecule has 3 atom stereocenters. The van der Waals surface area contributed by atoms with Gasteiger partial charge in [0.15, 0.2) is 18.1 Å². The summed E-state index contributed by atoms with van der Waals surface area (Å²) in [5, 5.41) is 7.78. The first-order valence-electron chi connectivity index (χ1n) is 23.6. The normalized spacial score (nSPS) is 12.7. The fourth-order valence-corrected chi connectivity index (χ4v) is 6.65. The molecule has 0 radical (unpaired) electrons. The molecule has 0 fully saturated rings. The average molecular weight is 1000 g/mol. The Bertz CT molecular complexity index is 2150. The fraction of sp³-hybridized carbons (Fsp3) is 0.444. The number of hydrogen-bond donors (Lipinski definition) is 3. The van der Waals surface area contributed by atoms with Gasteiger partial charge >= 0.3 is 36.2 Å². The van der Waals surface area contributed by atoms with Gasteiger partial charge in [-0.05, 0) is 171 Å². The van der Waals surface area contributed by atoms with Crippen LogP contribution in [0, 0.1) is 0 Å². The van der Waals surface area contributed by atoms with Gasteiger partial charge in [-0.25, -0.2) is 28.8 Å². The van der Waals surface area contributed by atoms with Crippen LogP contribution in [0.15, 0.2) is 91.0 Å². The molecule has 18 nitrogen and oxygen atoms in total. The predicted molar refractivity (Wildman–Crippen MR) is 265 cm³/mol.